The van der Waals surface area contributed by atoms with Crippen molar-refractivity contribution >= 4 is 47.1 Å². The van der Waals surface area contributed by atoms with Gasteiger partial charge < -0.3 is 14.8 Å². The summed E-state index contributed by atoms with van der Waals surface area (Å²) < 4.78 is 5.36. The van der Waals surface area contributed by atoms with Crippen molar-refractivity contribution in [2.75, 3.05) is 5.32 Å². The van der Waals surface area contributed by atoms with E-state index in [1.165, 1.54) is 18.5 Å². The minimum atomic E-state index is -1.14. The van der Waals surface area contributed by atoms with Gasteiger partial charge >= 0.3 is 35.5 Å². The Morgan fingerprint density at radius 1 is 0.867 bits per heavy atom. The van der Waals surface area contributed by atoms with Crippen molar-refractivity contribution in [1.82, 2.24) is 4.98 Å². The van der Waals surface area contributed by atoms with Crippen LogP contribution in [-0.4, -0.2) is 51.5 Å². The van der Waals surface area contributed by atoms with E-state index in [0.29, 0.717) is 16.9 Å². The number of aromatic nitrogens is 1. The van der Waals surface area contributed by atoms with Gasteiger partial charge in [-0.25, -0.2) is 4.79 Å². The van der Waals surface area contributed by atoms with E-state index >= 15 is 0 Å². The number of rotatable bonds is 5. The number of carbonyl (C=O) groups is 2. The van der Waals surface area contributed by atoms with Crippen LogP contribution in [0.3, 0.4) is 0 Å². The first-order chi connectivity index (χ1) is 14.1. The zero-order chi connectivity index (χ0) is 20.2. The van der Waals surface area contributed by atoms with Gasteiger partial charge in [0.05, 0.1) is 23.1 Å². The Kier molecular flexibility index (Phi) is 6.84. The van der Waals surface area contributed by atoms with Crippen LogP contribution in [0.4, 0.5) is 5.69 Å². The van der Waals surface area contributed by atoms with Crippen molar-refractivity contribution in [3.8, 4) is 22.5 Å². The number of benzene rings is 2. The van der Waals surface area contributed by atoms with Gasteiger partial charge in [-0.05, 0) is 35.9 Å². The second-order valence-corrected chi connectivity index (χ2v) is 6.33. The first-order valence-electron chi connectivity index (χ1n) is 8.85. The van der Waals surface area contributed by atoms with E-state index in [1.54, 1.807) is 36.5 Å². The molecule has 6 nitrogen and oxygen atoms in total. The summed E-state index contributed by atoms with van der Waals surface area (Å²) in [5.74, 6) is -1.01. The van der Waals surface area contributed by atoms with Crippen LogP contribution in [0.1, 0.15) is 20.7 Å². The molecule has 0 aliphatic heterocycles. The number of carboxylic acids is 1. The van der Waals surface area contributed by atoms with Crippen molar-refractivity contribution in [1.29, 1.82) is 0 Å². The molecule has 4 aromatic rings. The summed E-state index contributed by atoms with van der Waals surface area (Å²) in [7, 11) is 0. The summed E-state index contributed by atoms with van der Waals surface area (Å²) in [6, 6.07) is 19.4. The average Bonchev–Trinajstić information content (AvgIpc) is 3.29. The molecule has 0 fully saturated rings. The van der Waals surface area contributed by atoms with Crippen LogP contribution in [0, 0.1) is 0 Å². The molecule has 7 heteroatoms. The predicted molar refractivity (Wildman–Crippen MR) is 116 cm³/mol. The monoisotopic (exact) mass is 408 g/mol. The van der Waals surface area contributed by atoms with Gasteiger partial charge in [0.2, 0.25) is 0 Å². The molecule has 4 rings (SSSR count). The molecule has 0 saturated heterocycles. The SMILES string of the molecule is O=C(Nc1cc(-c2ccco2)ccc1C(=O)O)c1cncc(-c2ccccc2)c1.[NaH]. The summed E-state index contributed by atoms with van der Waals surface area (Å²) >= 11 is 0. The normalized spacial score (nSPS) is 10.1. The maximum atomic E-state index is 12.8. The third kappa shape index (κ3) is 4.68. The van der Waals surface area contributed by atoms with E-state index in [9.17, 15) is 14.7 Å². The van der Waals surface area contributed by atoms with E-state index < -0.39 is 11.9 Å². The molecule has 0 aliphatic carbocycles. The number of carbonyl (C=O) groups excluding carboxylic acids is 1. The molecule has 2 heterocycles. The molecule has 30 heavy (non-hydrogen) atoms. The molecule has 144 valence electrons. The van der Waals surface area contributed by atoms with Gasteiger partial charge in [0, 0.05) is 23.5 Å². The number of aromatic carboxylic acids is 1. The van der Waals surface area contributed by atoms with E-state index in [0.717, 1.165) is 11.1 Å². The standard InChI is InChI=1S/C23H16N2O4.Na.H/c26-22(18-11-17(13-24-14-18)15-5-2-1-3-6-15)25-20-12-16(21-7-4-10-29-21)8-9-19(20)23(27)28;;/h1-14H,(H,25,26)(H,27,28);;. The number of hydrogen-bond donors (Lipinski definition) is 2. The van der Waals surface area contributed by atoms with Crippen LogP contribution in [0.5, 0.6) is 0 Å². The predicted octanol–water partition coefficient (Wildman–Crippen LogP) is 4.31. The quantitative estimate of drug-likeness (QED) is 0.480. The molecule has 0 atom stereocenters. The van der Waals surface area contributed by atoms with E-state index in [-0.39, 0.29) is 40.8 Å². The minimum absolute atomic E-state index is 0. The van der Waals surface area contributed by atoms with Crippen LogP contribution in [0.15, 0.2) is 89.8 Å². The average molecular weight is 408 g/mol. The molecule has 2 aromatic heterocycles. The Bertz CT molecular complexity index is 1180. The summed E-state index contributed by atoms with van der Waals surface area (Å²) in [6.45, 7) is 0. The fourth-order valence-corrected chi connectivity index (χ4v) is 2.98. The summed E-state index contributed by atoms with van der Waals surface area (Å²) in [6.07, 6.45) is 4.64. The zero-order valence-corrected chi connectivity index (χ0v) is 15.2. The second-order valence-electron chi connectivity index (χ2n) is 6.33. The van der Waals surface area contributed by atoms with Crippen molar-refractivity contribution in [2.24, 2.45) is 0 Å². The number of amides is 1. The zero-order valence-electron chi connectivity index (χ0n) is 15.2. The topological polar surface area (TPSA) is 92.4 Å². The van der Waals surface area contributed by atoms with Gasteiger partial charge in [-0.15, -0.1) is 0 Å². The number of carboxylic acid groups (broad SMARTS) is 1. The number of nitrogens with zero attached hydrogens (tertiary/aromatic N) is 1. The third-order valence-corrected chi connectivity index (χ3v) is 4.41. The summed E-state index contributed by atoms with van der Waals surface area (Å²) in [5.41, 5.74) is 2.88. The molecule has 1 amide bonds. The molecule has 0 saturated carbocycles. The molecule has 0 bridgehead atoms. The van der Waals surface area contributed by atoms with Gasteiger partial charge in [-0.3, -0.25) is 9.78 Å². The Balaban J connectivity index is 0.00000256. The molecule has 2 N–H and O–H groups in total. The Morgan fingerprint density at radius 2 is 1.67 bits per heavy atom. The van der Waals surface area contributed by atoms with Gasteiger partial charge in [0.15, 0.2) is 0 Å². The molecule has 0 unspecified atom stereocenters. The van der Waals surface area contributed by atoms with Crippen LogP contribution in [0.2, 0.25) is 0 Å². The Labute approximate surface area is 194 Å². The van der Waals surface area contributed by atoms with Crippen molar-refractivity contribution < 1.29 is 19.1 Å². The Hall–Kier alpha value is -3.19. The van der Waals surface area contributed by atoms with Crippen molar-refractivity contribution in [2.45, 2.75) is 0 Å². The molecule has 0 spiro atoms. The fourth-order valence-electron chi connectivity index (χ4n) is 2.98. The molecule has 0 radical (unpaired) electrons. The molecular weight excluding hydrogens is 391 g/mol. The fraction of sp³-hybridized carbons (Fsp3) is 0. The number of furan rings is 1. The van der Waals surface area contributed by atoms with Crippen molar-refractivity contribution in [3.05, 3.63) is 96.5 Å². The van der Waals surface area contributed by atoms with Crippen molar-refractivity contribution in [3.63, 3.8) is 0 Å². The first-order valence-corrected chi connectivity index (χ1v) is 8.85. The van der Waals surface area contributed by atoms with Gasteiger partial charge in [-0.1, -0.05) is 36.4 Å². The number of hydrogen-bond acceptors (Lipinski definition) is 4. The van der Waals surface area contributed by atoms with Gasteiger partial charge in [-0.2, -0.15) is 0 Å². The van der Waals surface area contributed by atoms with Crippen LogP contribution < -0.4 is 5.32 Å². The van der Waals surface area contributed by atoms with Gasteiger partial charge in [0.1, 0.15) is 5.76 Å². The van der Waals surface area contributed by atoms with Crippen LogP contribution in [0.25, 0.3) is 22.5 Å². The summed E-state index contributed by atoms with van der Waals surface area (Å²) in [5, 5.41) is 12.2. The summed E-state index contributed by atoms with van der Waals surface area (Å²) in [4.78, 5) is 28.5. The Morgan fingerprint density at radius 3 is 2.37 bits per heavy atom. The van der Waals surface area contributed by atoms with E-state index in [4.69, 9.17) is 4.42 Å². The molecule has 2 aromatic carbocycles. The van der Waals surface area contributed by atoms with Crippen LogP contribution in [-0.2, 0) is 0 Å². The molecule has 0 aliphatic rings. The number of nitrogens with one attached hydrogen (secondary N) is 1. The molecular formula is C23H17N2NaO4. The number of anilines is 1. The number of pyridine rings is 1. The third-order valence-electron chi connectivity index (χ3n) is 4.41. The van der Waals surface area contributed by atoms with E-state index in [1.807, 2.05) is 30.3 Å². The maximum absolute atomic E-state index is 12.8. The van der Waals surface area contributed by atoms with E-state index in [2.05, 4.69) is 10.3 Å². The van der Waals surface area contributed by atoms with Crippen LogP contribution >= 0.6 is 0 Å². The second kappa shape index (κ2) is 9.54. The van der Waals surface area contributed by atoms with Gasteiger partial charge in [0.25, 0.3) is 5.91 Å². The first kappa shape index (κ1) is 21.5.